The molecule has 0 atom stereocenters. The molecule has 6 nitrogen and oxygen atoms in total. The van der Waals surface area contributed by atoms with Gasteiger partial charge in [0.2, 0.25) is 0 Å². The summed E-state index contributed by atoms with van der Waals surface area (Å²) in [5.74, 6) is -0.700. The maximum atomic E-state index is 13.8. The van der Waals surface area contributed by atoms with Gasteiger partial charge in [-0.1, -0.05) is 30.9 Å². The van der Waals surface area contributed by atoms with E-state index in [1.807, 2.05) is 0 Å². The summed E-state index contributed by atoms with van der Waals surface area (Å²) < 4.78 is 19.1. The molecule has 0 aromatic heterocycles. The summed E-state index contributed by atoms with van der Waals surface area (Å²) in [5, 5.41) is 2.21. The van der Waals surface area contributed by atoms with Crippen molar-refractivity contribution in [2.24, 2.45) is 0 Å². The summed E-state index contributed by atoms with van der Waals surface area (Å²) in [5.41, 5.74) is 0.659. The zero-order valence-corrected chi connectivity index (χ0v) is 16.8. The van der Waals surface area contributed by atoms with Gasteiger partial charge in [-0.15, -0.1) is 0 Å². The topological polar surface area (TPSA) is 75.7 Å². The highest BCUT2D eigenvalue weighted by Gasteiger charge is 2.34. The van der Waals surface area contributed by atoms with Crippen LogP contribution in [0, 0.1) is 5.82 Å². The van der Waals surface area contributed by atoms with Gasteiger partial charge < -0.3 is 10.1 Å². The minimum Gasteiger partial charge on any atom is -0.490 e. The molecular formula is C22H19FN2O4S. The third-order valence-electron chi connectivity index (χ3n) is 4.17. The smallest absolute Gasteiger partial charge is 0.293 e. The van der Waals surface area contributed by atoms with E-state index in [1.54, 1.807) is 42.5 Å². The highest BCUT2D eigenvalue weighted by Crippen LogP contribution is 2.32. The van der Waals surface area contributed by atoms with Gasteiger partial charge in [-0.3, -0.25) is 19.3 Å². The maximum Gasteiger partial charge on any atom is 0.293 e. The summed E-state index contributed by atoms with van der Waals surface area (Å²) in [4.78, 5) is 38.0. The second-order valence-electron chi connectivity index (χ2n) is 6.23. The molecule has 1 saturated heterocycles. The number of carbonyl (C=O) groups excluding carboxylic acids is 3. The number of benzene rings is 2. The van der Waals surface area contributed by atoms with Gasteiger partial charge in [0.05, 0.1) is 4.91 Å². The second-order valence-corrected chi connectivity index (χ2v) is 7.23. The van der Waals surface area contributed by atoms with E-state index in [4.69, 9.17) is 4.74 Å². The minimum absolute atomic E-state index is 0.0194. The Morgan fingerprint density at radius 2 is 1.90 bits per heavy atom. The molecule has 154 valence electrons. The van der Waals surface area contributed by atoms with E-state index in [0.717, 1.165) is 16.7 Å². The summed E-state index contributed by atoms with van der Waals surface area (Å²) >= 11 is 0.747. The van der Waals surface area contributed by atoms with Gasteiger partial charge in [-0.25, -0.2) is 4.39 Å². The molecule has 3 rings (SSSR count). The summed E-state index contributed by atoms with van der Waals surface area (Å²) in [6.45, 7) is 4.05. The van der Waals surface area contributed by atoms with Gasteiger partial charge in [0.25, 0.3) is 17.1 Å². The number of carbonyl (C=O) groups is 3. The van der Waals surface area contributed by atoms with Crippen molar-refractivity contribution in [2.45, 2.75) is 0 Å². The Hall–Kier alpha value is -3.39. The van der Waals surface area contributed by atoms with Crippen molar-refractivity contribution in [3.63, 3.8) is 0 Å². The van der Waals surface area contributed by atoms with Gasteiger partial charge in [0.1, 0.15) is 18.2 Å². The molecule has 1 N–H and O–H groups in total. The number of nitrogens with zero attached hydrogens (tertiary/aromatic N) is 1. The lowest BCUT2D eigenvalue weighted by Crippen LogP contribution is -2.37. The number of rotatable bonds is 8. The van der Waals surface area contributed by atoms with Crippen LogP contribution in [-0.2, 0) is 4.79 Å². The quantitative estimate of drug-likeness (QED) is 0.513. The molecule has 30 heavy (non-hydrogen) atoms. The van der Waals surface area contributed by atoms with Crippen LogP contribution in [0.3, 0.4) is 0 Å². The molecule has 2 aromatic rings. The number of halogens is 1. The van der Waals surface area contributed by atoms with E-state index in [-0.39, 0.29) is 29.5 Å². The Bertz CT molecular complexity index is 1000. The first kappa shape index (κ1) is 21.3. The van der Waals surface area contributed by atoms with E-state index in [0.29, 0.717) is 17.9 Å². The molecule has 1 fully saturated rings. The van der Waals surface area contributed by atoms with Gasteiger partial charge in [-0.05, 0) is 48.2 Å². The third kappa shape index (κ3) is 5.15. The first-order chi connectivity index (χ1) is 14.5. The zero-order valence-electron chi connectivity index (χ0n) is 16.0. The lowest BCUT2D eigenvalue weighted by atomic mass is 10.2. The Morgan fingerprint density at radius 1 is 1.17 bits per heavy atom. The van der Waals surface area contributed by atoms with Crippen LogP contribution in [0.1, 0.15) is 15.9 Å². The number of nitrogens with one attached hydrogen (secondary N) is 1. The van der Waals surface area contributed by atoms with Gasteiger partial charge in [0.15, 0.2) is 0 Å². The number of hydrogen-bond acceptors (Lipinski definition) is 5. The van der Waals surface area contributed by atoms with Crippen LogP contribution in [0.15, 0.2) is 66.1 Å². The number of hydrogen-bond donors (Lipinski definition) is 1. The monoisotopic (exact) mass is 426 g/mol. The molecule has 3 amide bonds. The fourth-order valence-corrected chi connectivity index (χ4v) is 3.52. The van der Waals surface area contributed by atoms with Crippen molar-refractivity contribution in [1.82, 2.24) is 10.2 Å². The molecule has 1 heterocycles. The van der Waals surface area contributed by atoms with Gasteiger partial charge in [0, 0.05) is 24.2 Å². The molecule has 0 radical (unpaired) electrons. The molecule has 1 aliphatic rings. The first-order valence-corrected chi connectivity index (χ1v) is 9.93. The van der Waals surface area contributed by atoms with E-state index < -0.39 is 17.0 Å². The standard InChI is InChI=1S/C22H19FN2O4S/c1-2-13-29-17-9-7-15(8-10-17)20(26)24-11-12-25-21(27)19(30-22(25)28)14-16-5-3-4-6-18(16)23/h2-10,14H,1,11-13H2,(H,24,26)/b19-14-. The zero-order chi connectivity index (χ0) is 21.5. The van der Waals surface area contributed by atoms with Crippen molar-refractivity contribution in [2.75, 3.05) is 19.7 Å². The summed E-state index contributed by atoms with van der Waals surface area (Å²) in [6, 6.07) is 12.6. The van der Waals surface area contributed by atoms with Crippen LogP contribution in [-0.4, -0.2) is 41.6 Å². The molecule has 2 aromatic carbocycles. The van der Waals surface area contributed by atoms with E-state index in [2.05, 4.69) is 11.9 Å². The second kappa shape index (κ2) is 9.89. The van der Waals surface area contributed by atoms with E-state index in [9.17, 15) is 18.8 Å². The molecule has 0 unspecified atom stereocenters. The van der Waals surface area contributed by atoms with E-state index in [1.165, 1.54) is 18.2 Å². The van der Waals surface area contributed by atoms with Crippen molar-refractivity contribution in [1.29, 1.82) is 0 Å². The lowest BCUT2D eigenvalue weighted by Gasteiger charge is -2.13. The highest BCUT2D eigenvalue weighted by atomic mass is 32.2. The predicted octanol–water partition coefficient (Wildman–Crippen LogP) is 3.86. The highest BCUT2D eigenvalue weighted by molar-refractivity contribution is 8.18. The number of thioether (sulfide) groups is 1. The summed E-state index contributed by atoms with van der Waals surface area (Å²) in [7, 11) is 0. The van der Waals surface area contributed by atoms with Crippen molar-refractivity contribution in [3.05, 3.63) is 83.0 Å². The molecule has 0 bridgehead atoms. The molecule has 0 aliphatic carbocycles. The minimum atomic E-state index is -0.508. The molecular weight excluding hydrogens is 407 g/mol. The number of ether oxygens (including phenoxy) is 1. The lowest BCUT2D eigenvalue weighted by molar-refractivity contribution is -0.122. The molecule has 8 heteroatoms. The van der Waals surface area contributed by atoms with Gasteiger partial charge in [-0.2, -0.15) is 0 Å². The van der Waals surface area contributed by atoms with Crippen molar-refractivity contribution in [3.8, 4) is 5.75 Å². The summed E-state index contributed by atoms with van der Waals surface area (Å²) in [6.07, 6.45) is 2.98. The SMILES string of the molecule is C=CCOc1ccc(C(=O)NCCN2C(=O)S/C(=C\c3ccccc3F)C2=O)cc1. The third-order valence-corrected chi connectivity index (χ3v) is 5.08. The molecule has 1 aliphatic heterocycles. The van der Waals surface area contributed by atoms with Crippen LogP contribution in [0.2, 0.25) is 0 Å². The van der Waals surface area contributed by atoms with Crippen LogP contribution in [0.4, 0.5) is 9.18 Å². The molecule has 0 saturated carbocycles. The Balaban J connectivity index is 1.55. The maximum absolute atomic E-state index is 13.8. The van der Waals surface area contributed by atoms with Crippen molar-refractivity contribution < 1.29 is 23.5 Å². The number of imide groups is 1. The van der Waals surface area contributed by atoms with Crippen LogP contribution < -0.4 is 10.1 Å². The van der Waals surface area contributed by atoms with Crippen LogP contribution in [0.5, 0.6) is 5.75 Å². The molecule has 0 spiro atoms. The normalized spacial score (nSPS) is 14.8. The first-order valence-electron chi connectivity index (χ1n) is 9.11. The largest absolute Gasteiger partial charge is 0.490 e. The Kier molecular flexibility index (Phi) is 7.03. The Labute approximate surface area is 177 Å². The van der Waals surface area contributed by atoms with Gasteiger partial charge >= 0.3 is 0 Å². The predicted molar refractivity (Wildman–Crippen MR) is 114 cm³/mol. The number of amides is 3. The Morgan fingerprint density at radius 3 is 2.60 bits per heavy atom. The average Bonchev–Trinajstić information content (AvgIpc) is 3.01. The fraction of sp³-hybridized carbons (Fsp3) is 0.136. The van der Waals surface area contributed by atoms with E-state index >= 15 is 0 Å². The van der Waals surface area contributed by atoms with Crippen LogP contribution in [0.25, 0.3) is 6.08 Å². The van der Waals surface area contributed by atoms with Crippen molar-refractivity contribution >= 4 is 34.9 Å². The average molecular weight is 426 g/mol. The fourth-order valence-electron chi connectivity index (χ4n) is 2.67. The van der Waals surface area contributed by atoms with Crippen LogP contribution >= 0.6 is 11.8 Å².